The Bertz CT molecular complexity index is 657. The molecule has 1 aromatic heterocycles. The molecule has 3 nitrogen and oxygen atoms in total. The SMILES string of the molecule is C/C=C1\[C@H]2C=C(C)C[C@]1(C(=O)O)c1ccc(C)nc1C2. The van der Waals surface area contributed by atoms with Crippen molar-refractivity contribution in [3.63, 3.8) is 0 Å². The molecule has 20 heavy (non-hydrogen) atoms. The molecule has 104 valence electrons. The van der Waals surface area contributed by atoms with E-state index in [2.05, 4.69) is 11.1 Å². The average molecular weight is 269 g/mol. The first kappa shape index (κ1) is 13.1. The third-order valence-corrected chi connectivity index (χ3v) is 4.58. The molecule has 1 aromatic rings. The van der Waals surface area contributed by atoms with Crippen LogP contribution in [-0.4, -0.2) is 16.1 Å². The Labute approximate surface area is 119 Å². The highest BCUT2D eigenvalue weighted by Crippen LogP contribution is 2.51. The van der Waals surface area contributed by atoms with Crippen molar-refractivity contribution >= 4 is 5.97 Å². The van der Waals surface area contributed by atoms with Crippen LogP contribution < -0.4 is 0 Å². The number of nitrogens with zero attached hydrogens (tertiary/aromatic N) is 1. The Kier molecular flexibility index (Phi) is 2.82. The van der Waals surface area contributed by atoms with Crippen molar-refractivity contribution in [2.45, 2.75) is 39.0 Å². The van der Waals surface area contributed by atoms with E-state index in [-0.39, 0.29) is 5.92 Å². The van der Waals surface area contributed by atoms with E-state index >= 15 is 0 Å². The maximum atomic E-state index is 12.2. The number of hydrogen-bond donors (Lipinski definition) is 1. The van der Waals surface area contributed by atoms with Crippen molar-refractivity contribution in [3.8, 4) is 0 Å². The van der Waals surface area contributed by atoms with Gasteiger partial charge in [-0.3, -0.25) is 9.78 Å². The molecule has 3 heteroatoms. The predicted octanol–water partition coefficient (Wildman–Crippen LogP) is 3.18. The van der Waals surface area contributed by atoms with Gasteiger partial charge in [0.05, 0.1) is 0 Å². The van der Waals surface area contributed by atoms with E-state index in [0.29, 0.717) is 6.42 Å². The smallest absolute Gasteiger partial charge is 0.318 e. The van der Waals surface area contributed by atoms with Gasteiger partial charge in [-0.25, -0.2) is 0 Å². The molecule has 3 rings (SSSR count). The van der Waals surface area contributed by atoms with Crippen LogP contribution in [0.1, 0.15) is 37.2 Å². The molecule has 2 aliphatic rings. The van der Waals surface area contributed by atoms with E-state index in [1.54, 1.807) is 0 Å². The Hall–Kier alpha value is -1.90. The Morgan fingerprint density at radius 3 is 2.85 bits per heavy atom. The molecule has 0 unspecified atom stereocenters. The molecule has 0 aromatic carbocycles. The summed E-state index contributed by atoms with van der Waals surface area (Å²) in [5.41, 5.74) is 4.06. The number of allylic oxidation sites excluding steroid dienone is 3. The molecule has 2 atom stereocenters. The van der Waals surface area contributed by atoms with Crippen LogP contribution in [0, 0.1) is 12.8 Å². The molecule has 0 fully saturated rings. The van der Waals surface area contributed by atoms with E-state index in [9.17, 15) is 9.90 Å². The summed E-state index contributed by atoms with van der Waals surface area (Å²) in [6, 6.07) is 3.88. The zero-order valence-electron chi connectivity index (χ0n) is 12.1. The highest BCUT2D eigenvalue weighted by atomic mass is 16.4. The highest BCUT2D eigenvalue weighted by Gasteiger charge is 2.52. The zero-order chi connectivity index (χ0) is 14.5. The molecule has 0 saturated heterocycles. The minimum Gasteiger partial charge on any atom is -0.480 e. The molecular formula is C17H19NO2. The maximum absolute atomic E-state index is 12.2. The highest BCUT2D eigenvalue weighted by molar-refractivity contribution is 5.88. The van der Waals surface area contributed by atoms with Gasteiger partial charge in [-0.15, -0.1) is 0 Å². The van der Waals surface area contributed by atoms with Crippen LogP contribution in [0.2, 0.25) is 0 Å². The molecule has 2 bridgehead atoms. The maximum Gasteiger partial charge on any atom is 0.318 e. The monoisotopic (exact) mass is 269 g/mol. The molecule has 0 radical (unpaired) electrons. The summed E-state index contributed by atoms with van der Waals surface area (Å²) in [5, 5.41) is 9.98. The van der Waals surface area contributed by atoms with Crippen LogP contribution in [0.25, 0.3) is 0 Å². The first-order valence-corrected chi connectivity index (χ1v) is 7.03. The fraction of sp³-hybridized carbons (Fsp3) is 0.412. The van der Waals surface area contributed by atoms with Crippen LogP contribution in [0.5, 0.6) is 0 Å². The second kappa shape index (κ2) is 4.30. The topological polar surface area (TPSA) is 50.2 Å². The van der Waals surface area contributed by atoms with Crippen molar-refractivity contribution in [1.82, 2.24) is 4.98 Å². The number of carboxylic acid groups (broad SMARTS) is 1. The fourth-order valence-electron chi connectivity index (χ4n) is 3.89. The Morgan fingerprint density at radius 2 is 2.20 bits per heavy atom. The number of pyridine rings is 1. The third kappa shape index (κ3) is 1.59. The van der Waals surface area contributed by atoms with E-state index in [1.807, 2.05) is 39.0 Å². The van der Waals surface area contributed by atoms with E-state index in [4.69, 9.17) is 0 Å². The molecule has 1 heterocycles. The van der Waals surface area contributed by atoms with Gasteiger partial charge in [0.2, 0.25) is 0 Å². The Morgan fingerprint density at radius 1 is 1.45 bits per heavy atom. The van der Waals surface area contributed by atoms with Gasteiger partial charge in [0.15, 0.2) is 0 Å². The van der Waals surface area contributed by atoms with Crippen LogP contribution in [0.3, 0.4) is 0 Å². The minimum absolute atomic E-state index is 0.173. The molecule has 0 aliphatic heterocycles. The number of rotatable bonds is 1. The summed E-state index contributed by atoms with van der Waals surface area (Å²) >= 11 is 0. The number of carbonyl (C=O) groups is 1. The van der Waals surface area contributed by atoms with Gasteiger partial charge in [-0.1, -0.05) is 23.8 Å². The zero-order valence-corrected chi connectivity index (χ0v) is 12.1. The van der Waals surface area contributed by atoms with Gasteiger partial charge in [0.25, 0.3) is 0 Å². The van der Waals surface area contributed by atoms with Crippen LogP contribution in [-0.2, 0) is 16.6 Å². The quantitative estimate of drug-likeness (QED) is 0.797. The number of carboxylic acids is 1. The van der Waals surface area contributed by atoms with Gasteiger partial charge < -0.3 is 5.11 Å². The molecule has 2 aliphatic carbocycles. The summed E-state index contributed by atoms with van der Waals surface area (Å²) in [4.78, 5) is 16.8. The largest absolute Gasteiger partial charge is 0.480 e. The summed E-state index contributed by atoms with van der Waals surface area (Å²) < 4.78 is 0. The number of fused-ring (bicyclic) bond motifs is 4. The van der Waals surface area contributed by atoms with Crippen molar-refractivity contribution in [1.29, 1.82) is 0 Å². The standard InChI is InChI=1S/C17H19NO2/c1-4-13-12-7-10(2)9-17(13,16(19)20)14-6-5-11(3)18-15(14)8-12/h4-7,12H,8-9H2,1-3H3,(H,19,20)/b13-4+/t12-,17+/m0/s1. The van der Waals surface area contributed by atoms with Gasteiger partial charge in [-0.2, -0.15) is 0 Å². The lowest BCUT2D eigenvalue weighted by Crippen LogP contribution is -2.46. The lowest BCUT2D eigenvalue weighted by molar-refractivity contribution is -0.142. The van der Waals surface area contributed by atoms with E-state index in [1.165, 1.54) is 0 Å². The molecular weight excluding hydrogens is 250 g/mol. The first-order valence-electron chi connectivity index (χ1n) is 7.03. The van der Waals surface area contributed by atoms with Crippen molar-refractivity contribution in [3.05, 3.63) is 52.4 Å². The second-order valence-electron chi connectivity index (χ2n) is 5.90. The van der Waals surface area contributed by atoms with Crippen LogP contribution in [0.15, 0.2) is 35.4 Å². The van der Waals surface area contributed by atoms with Gasteiger partial charge in [-0.05, 0) is 44.4 Å². The summed E-state index contributed by atoms with van der Waals surface area (Å²) in [6.45, 7) is 5.93. The lowest BCUT2D eigenvalue weighted by atomic mass is 9.58. The van der Waals surface area contributed by atoms with E-state index < -0.39 is 11.4 Å². The normalized spacial score (nSPS) is 29.9. The van der Waals surface area contributed by atoms with Crippen molar-refractivity contribution in [2.24, 2.45) is 5.92 Å². The summed E-state index contributed by atoms with van der Waals surface area (Å²) in [5.74, 6) is -0.582. The second-order valence-corrected chi connectivity index (χ2v) is 5.90. The fourth-order valence-corrected chi connectivity index (χ4v) is 3.89. The number of aliphatic carboxylic acids is 1. The van der Waals surface area contributed by atoms with E-state index in [0.717, 1.165) is 34.5 Å². The third-order valence-electron chi connectivity index (χ3n) is 4.58. The van der Waals surface area contributed by atoms with Gasteiger partial charge in [0.1, 0.15) is 5.41 Å². The molecule has 0 spiro atoms. The number of aryl methyl sites for hydroxylation is 1. The Balaban J connectivity index is 2.34. The molecule has 0 amide bonds. The molecule has 0 saturated carbocycles. The minimum atomic E-state index is -0.910. The predicted molar refractivity (Wildman–Crippen MR) is 77.6 cm³/mol. The first-order chi connectivity index (χ1) is 9.49. The lowest BCUT2D eigenvalue weighted by Gasteiger charge is -2.44. The van der Waals surface area contributed by atoms with Gasteiger partial charge >= 0.3 is 5.97 Å². The van der Waals surface area contributed by atoms with Crippen molar-refractivity contribution in [2.75, 3.05) is 0 Å². The summed E-state index contributed by atoms with van der Waals surface area (Å²) in [7, 11) is 0. The molecule has 1 N–H and O–H groups in total. The van der Waals surface area contributed by atoms with Crippen molar-refractivity contribution < 1.29 is 9.90 Å². The summed E-state index contributed by atoms with van der Waals surface area (Å²) in [6.07, 6.45) is 5.56. The number of hydrogen-bond acceptors (Lipinski definition) is 2. The van der Waals surface area contributed by atoms with Gasteiger partial charge in [0, 0.05) is 23.7 Å². The van der Waals surface area contributed by atoms with Crippen LogP contribution in [0.4, 0.5) is 0 Å². The van der Waals surface area contributed by atoms with Crippen LogP contribution >= 0.6 is 0 Å². The average Bonchev–Trinajstić information content (AvgIpc) is 2.36. The number of aromatic nitrogens is 1.